The van der Waals surface area contributed by atoms with Crippen LogP contribution in [0.25, 0.3) is 0 Å². The van der Waals surface area contributed by atoms with Gasteiger partial charge in [0.1, 0.15) is 18.0 Å². The van der Waals surface area contributed by atoms with E-state index in [0.29, 0.717) is 18.8 Å². The van der Waals surface area contributed by atoms with Gasteiger partial charge in [-0.05, 0) is 25.0 Å². The first-order valence-electron chi connectivity index (χ1n) is 8.77. The van der Waals surface area contributed by atoms with Crippen molar-refractivity contribution in [2.75, 3.05) is 52.5 Å². The Morgan fingerprint density at radius 1 is 1.28 bits per heavy atom. The third-order valence-electron chi connectivity index (χ3n) is 5.13. The minimum Gasteiger partial charge on any atom is -0.376 e. The molecule has 0 N–H and O–H groups in total. The number of pyridine rings is 1. The largest absolute Gasteiger partial charge is 0.376 e. The van der Waals surface area contributed by atoms with Gasteiger partial charge in [-0.25, -0.2) is 4.98 Å². The van der Waals surface area contributed by atoms with Gasteiger partial charge in [-0.2, -0.15) is 0 Å². The van der Waals surface area contributed by atoms with Crippen LogP contribution in [0.4, 0.5) is 5.82 Å². The number of aromatic nitrogens is 1. The van der Waals surface area contributed by atoms with Crippen LogP contribution in [0.3, 0.4) is 0 Å². The third-order valence-corrected chi connectivity index (χ3v) is 5.13. The number of likely N-dealkylation sites (N-methyl/N-ethyl adjacent to an activating group) is 1. The summed E-state index contributed by atoms with van der Waals surface area (Å²) in [6.45, 7) is 2.91. The molecule has 3 rings (SSSR count). The number of anilines is 1. The van der Waals surface area contributed by atoms with Crippen LogP contribution in [0, 0.1) is 0 Å². The van der Waals surface area contributed by atoms with Gasteiger partial charge in [-0.15, -0.1) is 0 Å². The van der Waals surface area contributed by atoms with Crippen molar-refractivity contribution in [1.82, 2.24) is 9.88 Å². The van der Waals surface area contributed by atoms with Gasteiger partial charge in [0.15, 0.2) is 0 Å². The molecule has 25 heavy (non-hydrogen) atoms. The smallest absolute Gasteiger partial charge is 0.254 e. The molecule has 138 valence electrons. The Morgan fingerprint density at radius 3 is 2.72 bits per heavy atom. The summed E-state index contributed by atoms with van der Waals surface area (Å²) in [5.74, 6) is 0.810. The van der Waals surface area contributed by atoms with E-state index in [1.165, 1.54) is 12.8 Å². The van der Waals surface area contributed by atoms with Gasteiger partial charge < -0.3 is 24.0 Å². The van der Waals surface area contributed by atoms with Crippen molar-refractivity contribution in [1.29, 1.82) is 0 Å². The summed E-state index contributed by atoms with van der Waals surface area (Å²) in [7, 11) is 5.07. The van der Waals surface area contributed by atoms with Gasteiger partial charge in [-0.1, -0.05) is 0 Å². The molecule has 3 heterocycles. The quantitative estimate of drug-likeness (QED) is 0.795. The van der Waals surface area contributed by atoms with Gasteiger partial charge >= 0.3 is 0 Å². The molecule has 0 aromatic carbocycles. The van der Waals surface area contributed by atoms with Crippen LogP contribution in [0.2, 0.25) is 0 Å². The molecular formula is C18H27N3O4. The van der Waals surface area contributed by atoms with Crippen molar-refractivity contribution >= 4 is 11.7 Å². The maximum absolute atomic E-state index is 13.0. The predicted molar refractivity (Wildman–Crippen MR) is 94.0 cm³/mol. The lowest BCUT2D eigenvalue weighted by Crippen LogP contribution is -2.57. The van der Waals surface area contributed by atoms with Gasteiger partial charge in [0.05, 0.1) is 19.3 Å². The normalized spacial score (nSPS) is 26.7. The Hall–Kier alpha value is -1.70. The van der Waals surface area contributed by atoms with Crippen molar-refractivity contribution in [2.45, 2.75) is 31.1 Å². The fourth-order valence-electron chi connectivity index (χ4n) is 3.61. The first-order chi connectivity index (χ1) is 12.2. The minimum atomic E-state index is -0.215. The van der Waals surface area contributed by atoms with Crippen molar-refractivity contribution < 1.29 is 19.0 Å². The Morgan fingerprint density at radius 2 is 2.04 bits per heavy atom. The summed E-state index contributed by atoms with van der Waals surface area (Å²) < 4.78 is 16.7. The monoisotopic (exact) mass is 349 g/mol. The van der Waals surface area contributed by atoms with Crippen molar-refractivity contribution in [2.24, 2.45) is 0 Å². The van der Waals surface area contributed by atoms with Crippen molar-refractivity contribution in [3.63, 3.8) is 0 Å². The molecule has 7 nitrogen and oxygen atoms in total. The first kappa shape index (κ1) is 18.1. The molecule has 0 spiro atoms. The lowest BCUT2D eigenvalue weighted by Gasteiger charge is -2.40. The fraction of sp³-hybridized carbons (Fsp3) is 0.667. The average molecular weight is 349 g/mol. The molecule has 2 fully saturated rings. The number of carbonyl (C=O) groups excluding carboxylic acids is 1. The van der Waals surface area contributed by atoms with Crippen LogP contribution >= 0.6 is 0 Å². The highest BCUT2D eigenvalue weighted by Crippen LogP contribution is 2.22. The zero-order valence-corrected chi connectivity index (χ0v) is 15.2. The third kappa shape index (κ3) is 3.78. The van der Waals surface area contributed by atoms with E-state index in [1.54, 1.807) is 38.4 Å². The molecule has 2 aliphatic heterocycles. The number of hydrogen-bond donors (Lipinski definition) is 0. The summed E-state index contributed by atoms with van der Waals surface area (Å²) >= 11 is 0. The number of carbonyl (C=O) groups is 1. The van der Waals surface area contributed by atoms with Crippen molar-refractivity contribution in [3.05, 3.63) is 23.9 Å². The molecule has 0 unspecified atom stereocenters. The molecule has 3 atom stereocenters. The van der Waals surface area contributed by atoms with Crippen LogP contribution in [-0.2, 0) is 14.2 Å². The van der Waals surface area contributed by atoms with E-state index >= 15 is 0 Å². The highest BCUT2D eigenvalue weighted by molar-refractivity contribution is 5.95. The highest BCUT2D eigenvalue weighted by Gasteiger charge is 2.38. The zero-order chi connectivity index (χ0) is 17.8. The Balaban J connectivity index is 1.76. The van der Waals surface area contributed by atoms with Crippen LogP contribution in [0.1, 0.15) is 23.2 Å². The molecule has 1 amide bonds. The number of ether oxygens (including phenoxy) is 3. The second kappa shape index (κ2) is 8.12. The van der Waals surface area contributed by atoms with Crippen LogP contribution in [0.5, 0.6) is 0 Å². The molecular weight excluding hydrogens is 322 g/mol. The first-order valence-corrected chi connectivity index (χ1v) is 8.77. The lowest BCUT2D eigenvalue weighted by molar-refractivity contribution is -0.147. The molecule has 0 bridgehead atoms. The fourth-order valence-corrected chi connectivity index (χ4v) is 3.61. The Kier molecular flexibility index (Phi) is 5.88. The molecule has 1 aromatic rings. The minimum absolute atomic E-state index is 0.0600. The highest BCUT2D eigenvalue weighted by atomic mass is 16.6. The summed E-state index contributed by atoms with van der Waals surface area (Å²) in [6, 6.07) is 3.45. The number of nitrogens with zero attached hydrogens (tertiary/aromatic N) is 3. The standard InChI is InChI=1S/C18H27N3O4/c1-20(14-11-25-12-15(23-2)17(14)24-3)18(22)13-6-7-19-16(10-13)21-8-4-5-9-21/h6-7,10,14-15,17H,4-5,8-9,11-12H2,1-3H3/t14-,15-,17+/m1/s1. The van der Waals surface area contributed by atoms with Gasteiger partial charge in [0.25, 0.3) is 5.91 Å². The van der Waals surface area contributed by atoms with E-state index in [4.69, 9.17) is 14.2 Å². The second-order valence-electron chi connectivity index (χ2n) is 6.59. The molecule has 2 aliphatic rings. The zero-order valence-electron chi connectivity index (χ0n) is 15.2. The van der Waals surface area contributed by atoms with Gasteiger partial charge in [-0.3, -0.25) is 4.79 Å². The maximum Gasteiger partial charge on any atom is 0.254 e. The van der Waals surface area contributed by atoms with Gasteiger partial charge in [0, 0.05) is 46.1 Å². The lowest BCUT2D eigenvalue weighted by atomic mass is 10.0. The van der Waals surface area contributed by atoms with E-state index in [1.807, 2.05) is 6.07 Å². The SMILES string of the molecule is CO[C@H]1[C@H](N(C)C(=O)c2ccnc(N3CCCC3)c2)COC[C@H]1OC. The molecule has 2 saturated heterocycles. The number of hydrogen-bond acceptors (Lipinski definition) is 6. The predicted octanol–water partition coefficient (Wildman–Crippen LogP) is 1.18. The molecule has 0 radical (unpaired) electrons. The van der Waals surface area contributed by atoms with E-state index in [-0.39, 0.29) is 24.2 Å². The summed E-state index contributed by atoms with van der Waals surface area (Å²) in [4.78, 5) is 21.3. The van der Waals surface area contributed by atoms with E-state index < -0.39 is 0 Å². The molecule has 0 saturated carbocycles. The van der Waals surface area contributed by atoms with Crippen molar-refractivity contribution in [3.8, 4) is 0 Å². The Labute approximate surface area is 148 Å². The molecule has 7 heteroatoms. The Bertz CT molecular complexity index is 591. The van der Waals surface area contributed by atoms with Crippen LogP contribution in [-0.4, -0.2) is 81.6 Å². The second-order valence-corrected chi connectivity index (χ2v) is 6.59. The number of amides is 1. The number of methoxy groups -OCH3 is 2. The summed E-state index contributed by atoms with van der Waals surface area (Å²) in [6.07, 6.45) is 3.65. The average Bonchev–Trinajstić information content (AvgIpc) is 3.21. The molecule has 1 aromatic heterocycles. The maximum atomic E-state index is 13.0. The van der Waals surface area contributed by atoms with E-state index in [9.17, 15) is 4.79 Å². The van der Waals surface area contributed by atoms with Gasteiger partial charge in [0.2, 0.25) is 0 Å². The summed E-state index contributed by atoms with van der Waals surface area (Å²) in [5, 5.41) is 0. The molecule has 0 aliphatic carbocycles. The number of rotatable bonds is 5. The van der Waals surface area contributed by atoms with E-state index in [0.717, 1.165) is 18.9 Å². The van der Waals surface area contributed by atoms with Crippen LogP contribution < -0.4 is 4.90 Å². The summed E-state index contributed by atoms with van der Waals surface area (Å²) in [5.41, 5.74) is 0.633. The topological polar surface area (TPSA) is 64.1 Å². The van der Waals surface area contributed by atoms with Crippen LogP contribution in [0.15, 0.2) is 18.3 Å². The van der Waals surface area contributed by atoms with E-state index in [2.05, 4.69) is 9.88 Å².